The summed E-state index contributed by atoms with van der Waals surface area (Å²) in [6.07, 6.45) is 1.33. The molecule has 0 unspecified atom stereocenters. The summed E-state index contributed by atoms with van der Waals surface area (Å²) in [4.78, 5) is 44.9. The van der Waals surface area contributed by atoms with E-state index in [-0.39, 0.29) is 28.6 Å². The zero-order valence-corrected chi connectivity index (χ0v) is 18.2. The average Bonchev–Trinajstić information content (AvgIpc) is 3.26. The second-order valence-corrected chi connectivity index (χ2v) is 8.22. The Morgan fingerprint density at radius 1 is 1.13 bits per heavy atom. The summed E-state index contributed by atoms with van der Waals surface area (Å²) in [5.41, 5.74) is 0.119. The van der Waals surface area contributed by atoms with Gasteiger partial charge in [-0.3, -0.25) is 13.9 Å². The Bertz CT molecular complexity index is 1450. The lowest BCUT2D eigenvalue weighted by Gasteiger charge is -2.09. The van der Waals surface area contributed by atoms with E-state index in [2.05, 4.69) is 9.97 Å². The molecule has 0 aliphatic carbocycles. The Hall–Kier alpha value is -3.38. The highest BCUT2D eigenvalue weighted by Gasteiger charge is 2.25. The summed E-state index contributed by atoms with van der Waals surface area (Å²) in [7, 11) is 4.77. The second-order valence-electron chi connectivity index (χ2n) is 6.83. The van der Waals surface area contributed by atoms with Crippen LogP contribution < -0.4 is 11.2 Å². The second kappa shape index (κ2) is 7.71. The van der Waals surface area contributed by atoms with Gasteiger partial charge in [-0.05, 0) is 39.4 Å². The van der Waals surface area contributed by atoms with Crippen molar-refractivity contribution in [3.05, 3.63) is 72.1 Å². The molecule has 0 saturated heterocycles. The standard InChI is InChI=1S/C18H16ClN7O4S/c1-22-9-20-14(26(29)30)16(22)31-17-21-13-12(23(17)2)15(27)25(18(28)24(13)3)8-10-4-6-11(19)7-5-10/h4-7,9H,8H2,1-3H3. The van der Waals surface area contributed by atoms with Crippen LogP contribution in [0.5, 0.6) is 0 Å². The molecule has 0 atom stereocenters. The lowest BCUT2D eigenvalue weighted by molar-refractivity contribution is -0.392. The van der Waals surface area contributed by atoms with Gasteiger partial charge in [0.05, 0.1) is 6.54 Å². The van der Waals surface area contributed by atoms with Crippen LogP contribution in [0.1, 0.15) is 5.56 Å². The number of aromatic nitrogens is 6. The van der Waals surface area contributed by atoms with E-state index in [1.807, 2.05) is 0 Å². The Kier molecular flexibility index (Phi) is 5.19. The van der Waals surface area contributed by atoms with Crippen LogP contribution in [0.4, 0.5) is 5.82 Å². The van der Waals surface area contributed by atoms with Crippen molar-refractivity contribution in [1.82, 2.24) is 28.2 Å². The normalized spacial score (nSPS) is 11.4. The van der Waals surface area contributed by atoms with Crippen molar-refractivity contribution < 1.29 is 4.92 Å². The first-order chi connectivity index (χ1) is 14.7. The Labute approximate surface area is 183 Å². The molecule has 3 heterocycles. The van der Waals surface area contributed by atoms with Crippen LogP contribution in [-0.4, -0.2) is 33.2 Å². The van der Waals surface area contributed by atoms with Crippen molar-refractivity contribution >= 4 is 40.3 Å². The van der Waals surface area contributed by atoms with Crippen LogP contribution in [0.3, 0.4) is 0 Å². The van der Waals surface area contributed by atoms with Gasteiger partial charge in [-0.1, -0.05) is 23.7 Å². The molecule has 0 N–H and O–H groups in total. The molecule has 160 valence electrons. The van der Waals surface area contributed by atoms with Gasteiger partial charge in [0.25, 0.3) is 5.56 Å². The minimum Gasteiger partial charge on any atom is -0.358 e. The van der Waals surface area contributed by atoms with Gasteiger partial charge in [0, 0.05) is 26.2 Å². The summed E-state index contributed by atoms with van der Waals surface area (Å²) in [5, 5.41) is 12.4. The van der Waals surface area contributed by atoms with Crippen LogP contribution >= 0.6 is 23.4 Å². The third kappa shape index (κ3) is 3.53. The Morgan fingerprint density at radius 3 is 2.45 bits per heavy atom. The van der Waals surface area contributed by atoms with Gasteiger partial charge in [-0.2, -0.15) is 0 Å². The lowest BCUT2D eigenvalue weighted by atomic mass is 10.2. The smallest absolute Gasteiger partial charge is 0.358 e. The van der Waals surface area contributed by atoms with Crippen LogP contribution in [0.25, 0.3) is 11.2 Å². The summed E-state index contributed by atoms with van der Waals surface area (Å²) < 4.78 is 5.43. The summed E-state index contributed by atoms with van der Waals surface area (Å²) in [6, 6.07) is 6.85. The van der Waals surface area contributed by atoms with Crippen molar-refractivity contribution in [2.45, 2.75) is 16.7 Å². The first-order valence-corrected chi connectivity index (χ1v) is 10.1. The van der Waals surface area contributed by atoms with Gasteiger partial charge in [0.15, 0.2) is 21.3 Å². The molecule has 4 aromatic rings. The van der Waals surface area contributed by atoms with Gasteiger partial charge < -0.3 is 19.2 Å². The number of benzene rings is 1. The van der Waals surface area contributed by atoms with Gasteiger partial charge in [0.1, 0.15) is 0 Å². The monoisotopic (exact) mass is 461 g/mol. The molecule has 0 radical (unpaired) electrons. The van der Waals surface area contributed by atoms with Gasteiger partial charge in [-0.15, -0.1) is 0 Å². The van der Waals surface area contributed by atoms with E-state index >= 15 is 0 Å². The zero-order chi connectivity index (χ0) is 22.4. The minimum atomic E-state index is -0.583. The highest BCUT2D eigenvalue weighted by Crippen LogP contribution is 2.33. The number of rotatable bonds is 5. The quantitative estimate of drug-likeness (QED) is 0.328. The van der Waals surface area contributed by atoms with Crippen molar-refractivity contribution in [3.8, 4) is 0 Å². The van der Waals surface area contributed by atoms with Crippen molar-refractivity contribution in [2.24, 2.45) is 21.1 Å². The third-order valence-corrected chi connectivity index (χ3v) is 6.26. The van der Waals surface area contributed by atoms with Crippen LogP contribution in [0.15, 0.2) is 50.4 Å². The SMILES string of the molecule is Cn1cnc([N+](=O)[O-])c1Sc1nc2c(c(=O)n(Cc3ccc(Cl)cc3)c(=O)n2C)n1C. The first-order valence-electron chi connectivity index (χ1n) is 8.93. The van der Waals surface area contributed by atoms with Gasteiger partial charge in [0.2, 0.25) is 6.33 Å². The average molecular weight is 462 g/mol. The van der Waals surface area contributed by atoms with E-state index in [4.69, 9.17) is 11.6 Å². The van der Waals surface area contributed by atoms with Crippen LogP contribution in [0.2, 0.25) is 5.02 Å². The Balaban J connectivity index is 1.85. The first kappa shape index (κ1) is 20.9. The largest absolute Gasteiger partial charge is 0.396 e. The molecule has 11 nitrogen and oxygen atoms in total. The molecule has 4 rings (SSSR count). The number of halogens is 1. The van der Waals surface area contributed by atoms with Gasteiger partial charge >= 0.3 is 11.5 Å². The fourth-order valence-corrected chi connectivity index (χ4v) is 4.23. The molecule has 0 spiro atoms. The van der Waals surface area contributed by atoms with E-state index in [0.29, 0.717) is 10.2 Å². The summed E-state index contributed by atoms with van der Waals surface area (Å²) >= 11 is 6.90. The molecule has 31 heavy (non-hydrogen) atoms. The number of fused-ring (bicyclic) bond motifs is 1. The van der Waals surface area contributed by atoms with Gasteiger partial charge in [-0.25, -0.2) is 9.78 Å². The molecule has 1 aromatic carbocycles. The number of imidazole rings is 2. The maximum atomic E-state index is 13.2. The lowest BCUT2D eigenvalue weighted by Crippen LogP contribution is -2.39. The molecular formula is C18H16ClN7O4S. The minimum absolute atomic E-state index is 0.0689. The zero-order valence-electron chi connectivity index (χ0n) is 16.6. The summed E-state index contributed by atoms with van der Waals surface area (Å²) in [6.45, 7) is 0.0689. The molecular weight excluding hydrogens is 446 g/mol. The molecule has 0 aliphatic rings. The van der Waals surface area contributed by atoms with Crippen molar-refractivity contribution in [2.75, 3.05) is 0 Å². The maximum absolute atomic E-state index is 13.2. The number of aryl methyl sites for hydroxylation is 3. The van der Waals surface area contributed by atoms with E-state index in [1.54, 1.807) is 38.4 Å². The number of nitrogens with zero attached hydrogens (tertiary/aromatic N) is 7. The van der Waals surface area contributed by atoms with Crippen molar-refractivity contribution in [3.63, 3.8) is 0 Å². The third-order valence-electron chi connectivity index (χ3n) is 4.80. The predicted molar refractivity (Wildman–Crippen MR) is 115 cm³/mol. The van der Waals surface area contributed by atoms with E-state index in [0.717, 1.165) is 21.9 Å². The number of nitro groups is 1. The maximum Gasteiger partial charge on any atom is 0.396 e. The van der Waals surface area contributed by atoms with E-state index in [1.165, 1.54) is 27.1 Å². The molecule has 13 heteroatoms. The van der Waals surface area contributed by atoms with E-state index < -0.39 is 16.2 Å². The Morgan fingerprint density at radius 2 is 1.81 bits per heavy atom. The molecule has 0 fully saturated rings. The summed E-state index contributed by atoms with van der Waals surface area (Å²) in [5.74, 6) is -0.311. The van der Waals surface area contributed by atoms with E-state index in [9.17, 15) is 19.7 Å². The van der Waals surface area contributed by atoms with Crippen LogP contribution in [-0.2, 0) is 27.7 Å². The van der Waals surface area contributed by atoms with Crippen molar-refractivity contribution in [1.29, 1.82) is 0 Å². The number of hydrogen-bond donors (Lipinski definition) is 0. The molecule has 0 bridgehead atoms. The topological polar surface area (TPSA) is 123 Å². The van der Waals surface area contributed by atoms with Crippen LogP contribution in [0, 0.1) is 10.1 Å². The predicted octanol–water partition coefficient (Wildman–Crippen LogP) is 1.93. The fourth-order valence-electron chi connectivity index (χ4n) is 3.16. The molecule has 0 aliphatic heterocycles. The molecule has 3 aromatic heterocycles. The highest BCUT2D eigenvalue weighted by molar-refractivity contribution is 7.99. The fraction of sp³-hybridized carbons (Fsp3) is 0.222. The molecule has 0 amide bonds. The highest BCUT2D eigenvalue weighted by atomic mass is 35.5. The molecule has 0 saturated carbocycles. The number of hydrogen-bond acceptors (Lipinski definition) is 7.